The second-order valence-electron chi connectivity index (χ2n) is 5.00. The van der Waals surface area contributed by atoms with Gasteiger partial charge in [0.15, 0.2) is 6.04 Å². The van der Waals surface area contributed by atoms with Gasteiger partial charge in [0, 0.05) is 12.6 Å². The predicted molar refractivity (Wildman–Crippen MR) is 69.9 cm³/mol. The lowest BCUT2D eigenvalue weighted by molar-refractivity contribution is -0.141. The van der Waals surface area contributed by atoms with Crippen LogP contribution < -0.4 is 10.6 Å². The Labute approximate surface area is 113 Å². The third kappa shape index (κ3) is 5.04. The molecule has 1 aliphatic rings. The fourth-order valence-electron chi connectivity index (χ4n) is 2.13. The van der Waals surface area contributed by atoms with Crippen molar-refractivity contribution in [2.75, 3.05) is 19.6 Å². The molecule has 0 bridgehead atoms. The van der Waals surface area contributed by atoms with Crippen molar-refractivity contribution in [3.8, 4) is 0 Å². The normalized spacial score (nSPS) is 20.6. The van der Waals surface area contributed by atoms with Gasteiger partial charge in [-0.25, -0.2) is 9.59 Å². The summed E-state index contributed by atoms with van der Waals surface area (Å²) >= 11 is 0. The molecule has 19 heavy (non-hydrogen) atoms. The number of aliphatic carboxylic acids is 1. The number of carboxylic acids is 1. The summed E-state index contributed by atoms with van der Waals surface area (Å²) in [5.74, 6) is -1.25. The molecule has 1 unspecified atom stereocenters. The molecule has 0 aromatic carbocycles. The molecule has 1 fully saturated rings. The van der Waals surface area contributed by atoms with Crippen molar-refractivity contribution in [3.05, 3.63) is 0 Å². The first-order chi connectivity index (χ1) is 8.91. The van der Waals surface area contributed by atoms with Crippen LogP contribution in [-0.4, -0.2) is 64.9 Å². The third-order valence-electron chi connectivity index (χ3n) is 3.36. The van der Waals surface area contributed by atoms with Gasteiger partial charge in [-0.05, 0) is 39.8 Å². The van der Waals surface area contributed by atoms with Crippen molar-refractivity contribution in [2.24, 2.45) is 0 Å². The van der Waals surface area contributed by atoms with E-state index in [1.165, 1.54) is 19.8 Å². The zero-order valence-corrected chi connectivity index (χ0v) is 11.4. The van der Waals surface area contributed by atoms with Crippen LogP contribution in [0.4, 0.5) is 4.79 Å². The van der Waals surface area contributed by atoms with Crippen molar-refractivity contribution in [1.29, 1.82) is 0 Å². The Morgan fingerprint density at radius 3 is 2.32 bits per heavy atom. The van der Waals surface area contributed by atoms with Crippen LogP contribution in [0.15, 0.2) is 0 Å². The number of carbonyl (C=O) groups is 2. The third-order valence-corrected chi connectivity index (χ3v) is 3.36. The lowest BCUT2D eigenvalue weighted by Gasteiger charge is -2.24. The lowest BCUT2D eigenvalue weighted by Crippen LogP contribution is -2.52. The van der Waals surface area contributed by atoms with Crippen LogP contribution in [0, 0.1) is 0 Å². The Hall–Kier alpha value is -1.34. The van der Waals surface area contributed by atoms with Gasteiger partial charge in [0.1, 0.15) is 0 Å². The van der Waals surface area contributed by atoms with Crippen molar-refractivity contribution in [1.82, 2.24) is 15.5 Å². The topological polar surface area (TPSA) is 102 Å². The van der Waals surface area contributed by atoms with E-state index in [0.717, 1.165) is 13.1 Å². The quantitative estimate of drug-likeness (QED) is 0.527. The smallest absolute Gasteiger partial charge is 0.328 e. The van der Waals surface area contributed by atoms with Crippen LogP contribution in [0.2, 0.25) is 0 Å². The molecule has 0 aromatic rings. The van der Waals surface area contributed by atoms with E-state index >= 15 is 0 Å². The largest absolute Gasteiger partial charge is 0.480 e. The number of nitrogens with one attached hydrogen (secondary N) is 2. The minimum absolute atomic E-state index is 0.225. The minimum Gasteiger partial charge on any atom is -0.480 e. The van der Waals surface area contributed by atoms with Crippen molar-refractivity contribution in [2.45, 2.75) is 44.9 Å². The monoisotopic (exact) mass is 273 g/mol. The van der Waals surface area contributed by atoms with Gasteiger partial charge >= 0.3 is 12.0 Å². The highest BCUT2D eigenvalue weighted by atomic mass is 16.4. The van der Waals surface area contributed by atoms with Crippen LogP contribution in [0.25, 0.3) is 0 Å². The molecule has 2 amide bonds. The molecule has 7 nitrogen and oxygen atoms in total. The molecule has 7 heteroatoms. The van der Waals surface area contributed by atoms with Crippen LogP contribution in [-0.2, 0) is 4.79 Å². The highest BCUT2D eigenvalue weighted by Gasteiger charge is 2.25. The second kappa shape index (κ2) is 7.30. The van der Waals surface area contributed by atoms with Gasteiger partial charge in [-0.15, -0.1) is 0 Å². The summed E-state index contributed by atoms with van der Waals surface area (Å²) in [6.07, 6.45) is 1.22. The SMILES string of the molecule is CC(CNC(=O)N[C@H](C(=O)O)[C@@H](C)O)N1CCCC1. The van der Waals surface area contributed by atoms with Gasteiger partial charge < -0.3 is 20.8 Å². The molecular formula is C12H23N3O4. The first-order valence-electron chi connectivity index (χ1n) is 6.61. The van der Waals surface area contributed by atoms with E-state index in [0.29, 0.717) is 6.54 Å². The van der Waals surface area contributed by atoms with Gasteiger partial charge in [-0.2, -0.15) is 0 Å². The number of carbonyl (C=O) groups excluding carboxylic acids is 1. The van der Waals surface area contributed by atoms with Gasteiger partial charge in [0.25, 0.3) is 0 Å². The molecule has 0 aromatic heterocycles. The molecule has 0 spiro atoms. The van der Waals surface area contributed by atoms with Crippen molar-refractivity contribution in [3.63, 3.8) is 0 Å². The summed E-state index contributed by atoms with van der Waals surface area (Å²) in [6.45, 7) is 5.88. The van der Waals surface area contributed by atoms with Crippen LogP contribution in [0.5, 0.6) is 0 Å². The fraction of sp³-hybridized carbons (Fsp3) is 0.833. The summed E-state index contributed by atoms with van der Waals surface area (Å²) < 4.78 is 0. The minimum atomic E-state index is -1.29. The number of urea groups is 1. The molecule has 3 atom stereocenters. The molecule has 0 aliphatic carbocycles. The molecule has 0 radical (unpaired) electrons. The molecule has 0 saturated carbocycles. The number of hydrogen-bond donors (Lipinski definition) is 4. The Morgan fingerprint density at radius 1 is 1.26 bits per heavy atom. The summed E-state index contributed by atoms with van der Waals surface area (Å²) in [4.78, 5) is 24.7. The van der Waals surface area contributed by atoms with E-state index in [9.17, 15) is 14.7 Å². The maximum atomic E-state index is 11.6. The number of aliphatic hydroxyl groups is 1. The summed E-state index contributed by atoms with van der Waals surface area (Å²) in [6, 6.07) is -1.63. The predicted octanol–water partition coefficient (Wildman–Crippen LogP) is -0.396. The summed E-state index contributed by atoms with van der Waals surface area (Å²) in [7, 11) is 0. The number of amides is 2. The highest BCUT2D eigenvalue weighted by Crippen LogP contribution is 2.10. The molecule has 1 saturated heterocycles. The highest BCUT2D eigenvalue weighted by molar-refractivity contribution is 5.82. The van der Waals surface area contributed by atoms with Gasteiger partial charge in [-0.1, -0.05) is 0 Å². The molecular weight excluding hydrogens is 250 g/mol. The lowest BCUT2D eigenvalue weighted by atomic mass is 10.2. The van der Waals surface area contributed by atoms with Crippen LogP contribution in [0.3, 0.4) is 0 Å². The number of nitrogens with zero attached hydrogens (tertiary/aromatic N) is 1. The molecule has 110 valence electrons. The summed E-state index contributed by atoms with van der Waals surface area (Å²) in [5.41, 5.74) is 0. The van der Waals surface area contributed by atoms with E-state index in [1.54, 1.807) is 0 Å². The standard InChI is InChI=1S/C12H23N3O4/c1-8(15-5-3-4-6-15)7-13-12(19)14-10(9(2)16)11(17)18/h8-10,16H,3-7H2,1-2H3,(H,17,18)(H2,13,14,19)/t8?,9-,10+/m1/s1. The number of carboxylic acid groups (broad SMARTS) is 1. The summed E-state index contributed by atoms with van der Waals surface area (Å²) in [5, 5.41) is 23.0. The maximum Gasteiger partial charge on any atom is 0.328 e. The Bertz CT molecular complexity index is 316. The Balaban J connectivity index is 2.32. The number of hydrogen-bond acceptors (Lipinski definition) is 4. The van der Waals surface area contributed by atoms with Crippen LogP contribution in [0.1, 0.15) is 26.7 Å². The Kier molecular flexibility index (Phi) is 6.04. The van der Waals surface area contributed by atoms with Crippen molar-refractivity contribution >= 4 is 12.0 Å². The second-order valence-corrected chi connectivity index (χ2v) is 5.00. The van der Waals surface area contributed by atoms with E-state index in [2.05, 4.69) is 15.5 Å². The van der Waals surface area contributed by atoms with E-state index < -0.39 is 24.1 Å². The Morgan fingerprint density at radius 2 is 1.84 bits per heavy atom. The molecule has 1 heterocycles. The maximum absolute atomic E-state index is 11.6. The van der Waals surface area contributed by atoms with Gasteiger partial charge in [0.05, 0.1) is 6.10 Å². The van der Waals surface area contributed by atoms with E-state index in [1.807, 2.05) is 6.92 Å². The number of rotatable bonds is 6. The van der Waals surface area contributed by atoms with Gasteiger partial charge in [0.2, 0.25) is 0 Å². The average molecular weight is 273 g/mol. The van der Waals surface area contributed by atoms with Crippen LogP contribution >= 0.6 is 0 Å². The molecule has 4 N–H and O–H groups in total. The zero-order valence-electron chi connectivity index (χ0n) is 11.4. The first kappa shape index (κ1) is 15.7. The molecule has 1 aliphatic heterocycles. The van der Waals surface area contributed by atoms with E-state index in [4.69, 9.17) is 5.11 Å². The average Bonchev–Trinajstić information content (AvgIpc) is 2.85. The number of likely N-dealkylation sites (tertiary alicyclic amines) is 1. The van der Waals surface area contributed by atoms with E-state index in [-0.39, 0.29) is 6.04 Å². The van der Waals surface area contributed by atoms with Crippen molar-refractivity contribution < 1.29 is 19.8 Å². The number of aliphatic hydroxyl groups excluding tert-OH is 1. The first-order valence-corrected chi connectivity index (χ1v) is 6.61. The fourth-order valence-corrected chi connectivity index (χ4v) is 2.13. The zero-order chi connectivity index (χ0) is 14.4. The molecule has 1 rings (SSSR count). The van der Waals surface area contributed by atoms with Gasteiger partial charge in [-0.3, -0.25) is 4.90 Å².